The molecule has 0 unspecified atom stereocenters. The smallest absolute Gasteiger partial charge is 0.266 e. The average Bonchev–Trinajstić information content (AvgIpc) is 3.08. The van der Waals surface area contributed by atoms with Gasteiger partial charge in [0.15, 0.2) is 12.6 Å². The van der Waals surface area contributed by atoms with Crippen molar-refractivity contribution in [3.8, 4) is 0 Å². The van der Waals surface area contributed by atoms with Gasteiger partial charge in [-0.1, -0.05) is 12.1 Å². The van der Waals surface area contributed by atoms with Crippen molar-refractivity contribution in [1.82, 2.24) is 4.72 Å². The quantitative estimate of drug-likeness (QED) is 0.178. The van der Waals surface area contributed by atoms with E-state index in [1.807, 2.05) is 4.72 Å². The molecule has 15 nitrogen and oxygen atoms in total. The number of nitrogens with one attached hydrogen (secondary N) is 1. The number of aliphatic hydroxyl groups is 8. The molecule has 1 aromatic rings. The van der Waals surface area contributed by atoms with Gasteiger partial charge >= 0.3 is 0 Å². The van der Waals surface area contributed by atoms with E-state index >= 15 is 0 Å². The van der Waals surface area contributed by atoms with Gasteiger partial charge in [0.25, 0.3) is 15.9 Å². The number of hydrogen-bond donors (Lipinski definition) is 9. The van der Waals surface area contributed by atoms with Crippen LogP contribution in [0.2, 0.25) is 0 Å². The van der Waals surface area contributed by atoms with Crippen LogP contribution in [0.15, 0.2) is 29.2 Å². The first-order chi connectivity index (χ1) is 16.4. The fraction of sp³-hybridized carbons (Fsp3) is 0.632. The van der Waals surface area contributed by atoms with Gasteiger partial charge in [-0.3, -0.25) is 4.79 Å². The predicted molar refractivity (Wildman–Crippen MR) is 110 cm³/mol. The van der Waals surface area contributed by atoms with Crippen LogP contribution in [0.4, 0.5) is 0 Å². The van der Waals surface area contributed by atoms with Crippen LogP contribution in [0.3, 0.4) is 0 Å². The molecule has 16 heteroatoms. The molecule has 3 aliphatic heterocycles. The molecule has 1 amide bonds. The molecule has 10 atom stereocenters. The number of carbonyl (C=O) groups excluding carboxylic acids is 1. The van der Waals surface area contributed by atoms with Crippen molar-refractivity contribution in [1.29, 1.82) is 0 Å². The third-order valence-corrected chi connectivity index (χ3v) is 7.00. The molecular weight excluding hydrogens is 498 g/mol. The molecule has 9 N–H and O–H groups in total. The molecule has 198 valence electrons. The summed E-state index contributed by atoms with van der Waals surface area (Å²) < 4.78 is 39.5. The summed E-state index contributed by atoms with van der Waals surface area (Å²) in [5.74, 6) is -0.550. The Kier molecular flexibility index (Phi) is 8.79. The van der Waals surface area contributed by atoms with Crippen LogP contribution < -0.4 is 4.72 Å². The van der Waals surface area contributed by atoms with Gasteiger partial charge in [0.05, 0.1) is 18.8 Å². The highest BCUT2D eigenvalue weighted by molar-refractivity contribution is 7.90. The zero-order chi connectivity index (χ0) is 26.1. The average molecular weight is 525 g/mol. The minimum atomic E-state index is -3.55. The topological polar surface area (TPSA) is 253 Å². The lowest BCUT2D eigenvalue weighted by molar-refractivity contribution is -0.376. The van der Waals surface area contributed by atoms with Crippen molar-refractivity contribution in [2.75, 3.05) is 13.2 Å². The number of carbonyl (C=O) groups is 1. The molecule has 3 heterocycles. The molecule has 2 fully saturated rings. The van der Waals surface area contributed by atoms with Gasteiger partial charge in [-0.25, -0.2) is 13.1 Å². The fourth-order valence-corrected chi connectivity index (χ4v) is 4.78. The van der Waals surface area contributed by atoms with E-state index in [4.69, 9.17) is 24.4 Å². The van der Waals surface area contributed by atoms with Crippen LogP contribution in [0.25, 0.3) is 0 Å². The van der Waals surface area contributed by atoms with Crippen LogP contribution in [0, 0.1) is 0 Å². The zero-order valence-corrected chi connectivity index (χ0v) is 18.7. The normalized spacial score (nSPS) is 40.3. The lowest BCUT2D eigenvalue weighted by Crippen LogP contribution is -2.63. The fourth-order valence-electron chi connectivity index (χ4n) is 3.61. The third-order valence-electron chi connectivity index (χ3n) is 5.61. The van der Waals surface area contributed by atoms with Crippen LogP contribution in [-0.2, 0) is 24.2 Å². The highest BCUT2D eigenvalue weighted by atomic mass is 32.2. The molecule has 0 saturated carbocycles. The summed E-state index contributed by atoms with van der Waals surface area (Å²) in [6, 6.07) is 6.09. The maximum absolute atomic E-state index is 11.1. The van der Waals surface area contributed by atoms with E-state index in [1.165, 1.54) is 12.1 Å². The van der Waals surface area contributed by atoms with Crippen molar-refractivity contribution in [2.45, 2.75) is 66.3 Å². The number of fused-ring (bicyclic) bond motifs is 1. The highest BCUT2D eigenvalue weighted by Gasteiger charge is 2.49. The van der Waals surface area contributed by atoms with Gasteiger partial charge in [-0.05, 0) is 12.1 Å². The Labute approximate surface area is 198 Å². The Hall–Kier alpha value is -1.80. The maximum Gasteiger partial charge on any atom is 0.266 e. The molecule has 2 saturated heterocycles. The minimum absolute atomic E-state index is 0.0648. The molecule has 0 spiro atoms. The zero-order valence-electron chi connectivity index (χ0n) is 17.9. The number of sulfonamides is 1. The Morgan fingerprint density at radius 2 is 1.23 bits per heavy atom. The van der Waals surface area contributed by atoms with Gasteiger partial charge in [0, 0.05) is 0 Å². The summed E-state index contributed by atoms with van der Waals surface area (Å²) in [6.07, 6.45) is -15.6. The molecule has 3 aliphatic rings. The van der Waals surface area contributed by atoms with Crippen molar-refractivity contribution in [3.63, 3.8) is 0 Å². The van der Waals surface area contributed by atoms with Gasteiger partial charge in [0.1, 0.15) is 53.7 Å². The second kappa shape index (κ2) is 11.1. The van der Waals surface area contributed by atoms with Crippen molar-refractivity contribution in [3.05, 3.63) is 29.8 Å². The van der Waals surface area contributed by atoms with E-state index in [1.54, 1.807) is 12.1 Å². The molecule has 0 aliphatic carbocycles. The number of ether oxygens (including phenoxy) is 3. The minimum Gasteiger partial charge on any atom is -0.394 e. The first-order valence-corrected chi connectivity index (χ1v) is 11.8. The lowest BCUT2D eigenvalue weighted by Gasteiger charge is -2.44. The molecule has 0 radical (unpaired) electrons. The first kappa shape index (κ1) is 27.8. The first-order valence-electron chi connectivity index (χ1n) is 10.4. The molecule has 0 bridgehead atoms. The number of rotatable bonds is 4. The summed E-state index contributed by atoms with van der Waals surface area (Å²) in [5.41, 5.74) is 0.220. The van der Waals surface area contributed by atoms with E-state index in [2.05, 4.69) is 0 Å². The third kappa shape index (κ3) is 5.63. The summed E-state index contributed by atoms with van der Waals surface area (Å²) >= 11 is 0. The SMILES string of the molecule is O=C1NS(=O)(=O)c2ccccc21.OC[C@H]1O[C@H](O[C@H]2O[C@H](CO)[C@@H](O)[C@H](O)[C@H]2O)[C@H](O)[C@@H](O)[C@@H]1O. The standard InChI is InChI=1S/C12H22O11.C7H5NO3S/c13-1-3-5(15)7(17)9(19)11(21-3)23-12-10(20)8(18)6(16)4(2-14)22-12;9-7-5-3-1-2-4-6(5)12(10,11)8-7/h3-20H,1-2H2;1-4H,(H,8,9)/t3-,4-,5-,6-,7+,8+,9-,10-,11-,12-;/m1./s1. The van der Waals surface area contributed by atoms with Crippen LogP contribution >= 0.6 is 0 Å². The number of hydrogen-bond acceptors (Lipinski definition) is 14. The van der Waals surface area contributed by atoms with Crippen molar-refractivity contribution >= 4 is 15.9 Å². The summed E-state index contributed by atoms with van der Waals surface area (Å²) in [6.45, 7) is -1.33. The van der Waals surface area contributed by atoms with Gasteiger partial charge in [-0.2, -0.15) is 0 Å². The summed E-state index contributed by atoms with van der Waals surface area (Å²) in [4.78, 5) is 11.1. The van der Waals surface area contributed by atoms with Crippen molar-refractivity contribution in [2.24, 2.45) is 0 Å². The van der Waals surface area contributed by atoms with E-state index in [0.717, 1.165) is 0 Å². The lowest BCUT2D eigenvalue weighted by atomic mass is 9.98. The second-order valence-electron chi connectivity index (χ2n) is 7.96. The highest BCUT2D eigenvalue weighted by Crippen LogP contribution is 2.28. The van der Waals surface area contributed by atoms with E-state index in [9.17, 15) is 43.9 Å². The van der Waals surface area contributed by atoms with E-state index in [-0.39, 0.29) is 10.5 Å². The molecule has 1 aromatic carbocycles. The Bertz CT molecular complexity index is 954. The van der Waals surface area contributed by atoms with E-state index < -0.39 is 90.6 Å². The number of amides is 1. The van der Waals surface area contributed by atoms with Crippen LogP contribution in [0.5, 0.6) is 0 Å². The van der Waals surface area contributed by atoms with Gasteiger partial charge in [-0.15, -0.1) is 0 Å². The Morgan fingerprint density at radius 3 is 1.66 bits per heavy atom. The van der Waals surface area contributed by atoms with Crippen LogP contribution in [-0.4, -0.2) is 130 Å². The monoisotopic (exact) mass is 525 g/mol. The van der Waals surface area contributed by atoms with Gasteiger partial charge < -0.3 is 55.1 Å². The molecule has 0 aromatic heterocycles. The number of benzene rings is 1. The molecule has 4 rings (SSSR count). The largest absolute Gasteiger partial charge is 0.394 e. The van der Waals surface area contributed by atoms with Gasteiger partial charge in [0.2, 0.25) is 0 Å². The van der Waals surface area contributed by atoms with E-state index in [0.29, 0.717) is 0 Å². The van der Waals surface area contributed by atoms with Crippen LogP contribution in [0.1, 0.15) is 10.4 Å². The second-order valence-corrected chi connectivity index (χ2v) is 9.61. The summed E-state index contributed by atoms with van der Waals surface area (Å²) in [5, 5.41) is 76.4. The summed E-state index contributed by atoms with van der Waals surface area (Å²) in [7, 11) is -3.55. The van der Waals surface area contributed by atoms with Crippen molar-refractivity contribution < 1.29 is 68.3 Å². The molecular formula is C19H27NO14S. The number of aliphatic hydroxyl groups excluding tert-OH is 8. The molecule has 35 heavy (non-hydrogen) atoms. The predicted octanol–water partition coefficient (Wildman–Crippen LogP) is -5.28. The maximum atomic E-state index is 11.1. The Morgan fingerprint density at radius 1 is 0.771 bits per heavy atom. The Balaban J connectivity index is 0.000000237.